The van der Waals surface area contributed by atoms with Gasteiger partial charge in [0.15, 0.2) is 5.96 Å². The molecule has 0 spiro atoms. The number of piperazine rings is 1. The van der Waals surface area contributed by atoms with Gasteiger partial charge in [0.25, 0.3) is 0 Å². The summed E-state index contributed by atoms with van der Waals surface area (Å²) >= 11 is 0. The van der Waals surface area contributed by atoms with Crippen molar-refractivity contribution in [1.82, 2.24) is 15.1 Å². The molecule has 6 heteroatoms. The minimum absolute atomic E-state index is 0. The standard InChI is InChI=1S/C12H24N4O.HI/c1-4-6-14-12(13-5-2)16-9-7-15(8-10-16)11(3)17;/h4-10H2,1-3H3,(H,13,14);1H. The number of guanidine groups is 1. The van der Waals surface area contributed by atoms with Crippen molar-refractivity contribution < 1.29 is 4.79 Å². The lowest BCUT2D eigenvalue weighted by Gasteiger charge is -2.36. The summed E-state index contributed by atoms with van der Waals surface area (Å²) in [7, 11) is 0. The van der Waals surface area contributed by atoms with Crippen LogP contribution in [0, 0.1) is 0 Å². The molecule has 0 atom stereocenters. The van der Waals surface area contributed by atoms with E-state index < -0.39 is 0 Å². The number of carbonyl (C=O) groups excluding carboxylic acids is 1. The molecule has 0 aliphatic carbocycles. The van der Waals surface area contributed by atoms with Gasteiger partial charge in [-0.05, 0) is 13.3 Å². The van der Waals surface area contributed by atoms with E-state index in [0.29, 0.717) is 0 Å². The maximum Gasteiger partial charge on any atom is 0.219 e. The molecule has 0 unspecified atom stereocenters. The number of hydrogen-bond acceptors (Lipinski definition) is 2. The van der Waals surface area contributed by atoms with Gasteiger partial charge in [-0.2, -0.15) is 0 Å². The summed E-state index contributed by atoms with van der Waals surface area (Å²) in [5.74, 6) is 1.15. The molecule has 106 valence electrons. The Labute approximate surface area is 127 Å². The normalized spacial score (nSPS) is 16.3. The van der Waals surface area contributed by atoms with Gasteiger partial charge in [0.2, 0.25) is 5.91 Å². The van der Waals surface area contributed by atoms with Crippen molar-refractivity contribution in [3.8, 4) is 0 Å². The molecule has 18 heavy (non-hydrogen) atoms. The van der Waals surface area contributed by atoms with Crippen molar-refractivity contribution in [1.29, 1.82) is 0 Å². The molecule has 1 aliphatic heterocycles. The van der Waals surface area contributed by atoms with Gasteiger partial charge in [-0.25, -0.2) is 0 Å². The first-order chi connectivity index (χ1) is 8.19. The van der Waals surface area contributed by atoms with Crippen LogP contribution in [-0.4, -0.2) is 60.9 Å². The first-order valence-corrected chi connectivity index (χ1v) is 6.47. The van der Waals surface area contributed by atoms with E-state index in [1.165, 1.54) is 0 Å². The summed E-state index contributed by atoms with van der Waals surface area (Å²) in [5, 5.41) is 3.30. The van der Waals surface area contributed by atoms with Crippen LogP contribution in [0.25, 0.3) is 0 Å². The largest absolute Gasteiger partial charge is 0.357 e. The predicted octanol–water partition coefficient (Wildman–Crippen LogP) is 1.14. The third-order valence-corrected chi connectivity index (χ3v) is 2.84. The molecule has 1 rings (SSSR count). The lowest BCUT2D eigenvalue weighted by Crippen LogP contribution is -2.53. The number of aliphatic imine (C=N–C) groups is 1. The van der Waals surface area contributed by atoms with E-state index >= 15 is 0 Å². The molecule has 0 bridgehead atoms. The van der Waals surface area contributed by atoms with E-state index in [1.807, 2.05) is 4.90 Å². The van der Waals surface area contributed by atoms with Crippen LogP contribution in [0.2, 0.25) is 0 Å². The van der Waals surface area contributed by atoms with Crippen LogP contribution >= 0.6 is 24.0 Å². The molecule has 1 aliphatic rings. The van der Waals surface area contributed by atoms with Crippen molar-refractivity contribution in [2.75, 3.05) is 39.3 Å². The van der Waals surface area contributed by atoms with Crippen LogP contribution in [-0.2, 0) is 4.79 Å². The molecule has 1 N–H and O–H groups in total. The number of nitrogens with one attached hydrogen (secondary N) is 1. The summed E-state index contributed by atoms with van der Waals surface area (Å²) in [6.45, 7) is 10.9. The Bertz CT molecular complexity index is 275. The monoisotopic (exact) mass is 368 g/mol. The number of amides is 1. The number of halogens is 1. The minimum atomic E-state index is 0. The van der Waals surface area contributed by atoms with Crippen LogP contribution in [0.4, 0.5) is 0 Å². The van der Waals surface area contributed by atoms with Crippen LogP contribution in [0.1, 0.15) is 27.2 Å². The van der Waals surface area contributed by atoms with E-state index in [1.54, 1.807) is 6.92 Å². The second-order valence-electron chi connectivity index (χ2n) is 4.23. The topological polar surface area (TPSA) is 47.9 Å². The summed E-state index contributed by atoms with van der Waals surface area (Å²) in [6, 6.07) is 0. The lowest BCUT2D eigenvalue weighted by molar-refractivity contribution is -0.130. The number of carbonyl (C=O) groups is 1. The molecule has 0 saturated carbocycles. The Morgan fingerprint density at radius 3 is 2.17 bits per heavy atom. The smallest absolute Gasteiger partial charge is 0.219 e. The predicted molar refractivity (Wildman–Crippen MR) is 85.5 cm³/mol. The van der Waals surface area contributed by atoms with E-state index in [2.05, 4.69) is 29.1 Å². The summed E-state index contributed by atoms with van der Waals surface area (Å²) < 4.78 is 0. The van der Waals surface area contributed by atoms with Crippen molar-refractivity contribution in [2.24, 2.45) is 4.99 Å². The molecule has 0 radical (unpaired) electrons. The van der Waals surface area contributed by atoms with Gasteiger partial charge in [-0.3, -0.25) is 9.79 Å². The second-order valence-corrected chi connectivity index (χ2v) is 4.23. The van der Waals surface area contributed by atoms with Gasteiger partial charge in [-0.15, -0.1) is 24.0 Å². The Hall–Kier alpha value is -0.530. The Kier molecular flexibility index (Phi) is 9.13. The van der Waals surface area contributed by atoms with Crippen molar-refractivity contribution in [3.05, 3.63) is 0 Å². The highest BCUT2D eigenvalue weighted by atomic mass is 127. The third kappa shape index (κ3) is 5.41. The summed E-state index contributed by atoms with van der Waals surface area (Å²) in [6.07, 6.45) is 1.06. The van der Waals surface area contributed by atoms with Crippen LogP contribution in [0.3, 0.4) is 0 Å². The van der Waals surface area contributed by atoms with E-state index in [9.17, 15) is 4.79 Å². The number of rotatable bonds is 3. The van der Waals surface area contributed by atoms with Crippen LogP contribution < -0.4 is 5.32 Å². The highest BCUT2D eigenvalue weighted by Gasteiger charge is 2.20. The zero-order valence-electron chi connectivity index (χ0n) is 11.6. The van der Waals surface area contributed by atoms with Crippen LogP contribution in [0.5, 0.6) is 0 Å². The van der Waals surface area contributed by atoms with Crippen LogP contribution in [0.15, 0.2) is 4.99 Å². The molecule has 5 nitrogen and oxygen atoms in total. The summed E-state index contributed by atoms with van der Waals surface area (Å²) in [5.41, 5.74) is 0. The van der Waals surface area contributed by atoms with Crippen molar-refractivity contribution in [3.63, 3.8) is 0 Å². The maximum atomic E-state index is 11.2. The molecule has 1 fully saturated rings. The second kappa shape index (κ2) is 9.41. The third-order valence-electron chi connectivity index (χ3n) is 2.84. The first kappa shape index (κ1) is 17.5. The SMILES string of the molecule is CCCN=C(NCC)N1CCN(C(C)=O)CC1.I. The molecule has 0 aromatic rings. The highest BCUT2D eigenvalue weighted by molar-refractivity contribution is 14.0. The lowest BCUT2D eigenvalue weighted by atomic mass is 10.3. The summed E-state index contributed by atoms with van der Waals surface area (Å²) in [4.78, 5) is 19.9. The average Bonchev–Trinajstić information content (AvgIpc) is 2.34. The zero-order chi connectivity index (χ0) is 12.7. The van der Waals surface area contributed by atoms with Crippen molar-refractivity contribution in [2.45, 2.75) is 27.2 Å². The Morgan fingerprint density at radius 1 is 1.17 bits per heavy atom. The van der Waals surface area contributed by atoms with Gasteiger partial charge in [0.05, 0.1) is 0 Å². The van der Waals surface area contributed by atoms with E-state index in [-0.39, 0.29) is 29.9 Å². The number of nitrogens with zero attached hydrogens (tertiary/aromatic N) is 3. The van der Waals surface area contributed by atoms with Gasteiger partial charge < -0.3 is 15.1 Å². The molecule has 1 heterocycles. The Balaban J connectivity index is 0.00000289. The Morgan fingerprint density at radius 2 is 1.72 bits per heavy atom. The molecule has 0 aromatic carbocycles. The van der Waals surface area contributed by atoms with E-state index in [0.717, 1.165) is 51.6 Å². The van der Waals surface area contributed by atoms with Crippen molar-refractivity contribution >= 4 is 35.8 Å². The molecular formula is C12H25IN4O. The van der Waals surface area contributed by atoms with E-state index in [4.69, 9.17) is 0 Å². The first-order valence-electron chi connectivity index (χ1n) is 6.47. The fraction of sp³-hybridized carbons (Fsp3) is 0.833. The molecule has 0 aromatic heterocycles. The number of hydrogen-bond donors (Lipinski definition) is 1. The maximum absolute atomic E-state index is 11.2. The zero-order valence-corrected chi connectivity index (χ0v) is 13.9. The van der Waals surface area contributed by atoms with Gasteiger partial charge in [0.1, 0.15) is 0 Å². The van der Waals surface area contributed by atoms with Gasteiger partial charge in [-0.1, -0.05) is 6.92 Å². The highest BCUT2D eigenvalue weighted by Crippen LogP contribution is 2.02. The van der Waals surface area contributed by atoms with Gasteiger partial charge in [0, 0.05) is 46.2 Å². The minimum Gasteiger partial charge on any atom is -0.357 e. The molecule has 1 amide bonds. The quantitative estimate of drug-likeness (QED) is 0.462. The molecular weight excluding hydrogens is 343 g/mol. The molecule has 1 saturated heterocycles. The fourth-order valence-electron chi connectivity index (χ4n) is 1.88. The van der Waals surface area contributed by atoms with Gasteiger partial charge >= 0.3 is 0 Å². The fourth-order valence-corrected chi connectivity index (χ4v) is 1.88. The average molecular weight is 368 g/mol.